The number of anilines is 1. The molecule has 1 atom stereocenters. The van der Waals surface area contributed by atoms with E-state index < -0.39 is 0 Å². The van der Waals surface area contributed by atoms with Gasteiger partial charge in [0.05, 0.1) is 0 Å². The topological polar surface area (TPSA) is 38.0 Å². The van der Waals surface area contributed by atoms with Crippen LogP contribution < -0.4 is 11.1 Å². The Balaban J connectivity index is 0.00000112. The molecule has 0 spiro atoms. The van der Waals surface area contributed by atoms with Crippen LogP contribution in [0.4, 0.5) is 5.69 Å². The zero-order chi connectivity index (χ0) is 9.80. The molecule has 1 aliphatic rings. The summed E-state index contributed by atoms with van der Waals surface area (Å²) in [4.78, 5) is 0. The van der Waals surface area contributed by atoms with Crippen molar-refractivity contribution in [3.63, 3.8) is 0 Å². The highest BCUT2D eigenvalue weighted by Crippen LogP contribution is 2.16. The van der Waals surface area contributed by atoms with Crippen molar-refractivity contribution in [3.8, 4) is 0 Å². The maximum absolute atomic E-state index is 5.63. The SMILES string of the molecule is Cl.Nc1ccc(CCC2CCNC2)cc1. The third kappa shape index (κ3) is 3.73. The number of halogens is 1. The normalized spacial score (nSPS) is 19.9. The third-order valence-corrected chi connectivity index (χ3v) is 2.98. The summed E-state index contributed by atoms with van der Waals surface area (Å²) in [5.74, 6) is 0.882. The monoisotopic (exact) mass is 226 g/mol. The smallest absolute Gasteiger partial charge is 0.0314 e. The van der Waals surface area contributed by atoms with Gasteiger partial charge < -0.3 is 11.1 Å². The fraction of sp³-hybridized carbons (Fsp3) is 0.500. The molecule has 1 saturated heterocycles. The van der Waals surface area contributed by atoms with Gasteiger partial charge in [-0.15, -0.1) is 12.4 Å². The van der Waals surface area contributed by atoms with Crippen LogP contribution in [-0.2, 0) is 6.42 Å². The number of rotatable bonds is 3. The number of nitrogens with one attached hydrogen (secondary N) is 1. The maximum atomic E-state index is 5.63. The number of hydrogen-bond acceptors (Lipinski definition) is 2. The van der Waals surface area contributed by atoms with E-state index in [1.54, 1.807) is 0 Å². The largest absolute Gasteiger partial charge is 0.399 e. The standard InChI is InChI=1S/C12H18N2.ClH/c13-12-5-3-10(4-6-12)1-2-11-7-8-14-9-11;/h3-6,11,14H,1-2,7-9,13H2;1H. The highest BCUT2D eigenvalue weighted by atomic mass is 35.5. The van der Waals surface area contributed by atoms with Gasteiger partial charge in [-0.05, 0) is 56.0 Å². The second kappa shape index (κ2) is 5.99. The molecule has 1 aromatic rings. The highest BCUT2D eigenvalue weighted by molar-refractivity contribution is 5.85. The fourth-order valence-corrected chi connectivity index (χ4v) is 2.02. The molecule has 0 amide bonds. The summed E-state index contributed by atoms with van der Waals surface area (Å²) in [5, 5.41) is 3.40. The summed E-state index contributed by atoms with van der Waals surface area (Å²) in [6.07, 6.45) is 3.83. The van der Waals surface area contributed by atoms with E-state index in [0.717, 1.165) is 11.6 Å². The van der Waals surface area contributed by atoms with E-state index >= 15 is 0 Å². The average molecular weight is 227 g/mol. The van der Waals surface area contributed by atoms with Crippen LogP contribution in [0.15, 0.2) is 24.3 Å². The van der Waals surface area contributed by atoms with Crippen LogP contribution in [0, 0.1) is 5.92 Å². The first-order chi connectivity index (χ1) is 6.84. The van der Waals surface area contributed by atoms with Crippen molar-refractivity contribution in [2.75, 3.05) is 18.8 Å². The summed E-state index contributed by atoms with van der Waals surface area (Å²) in [5.41, 5.74) is 7.90. The van der Waals surface area contributed by atoms with Crippen molar-refractivity contribution in [3.05, 3.63) is 29.8 Å². The van der Waals surface area contributed by atoms with Gasteiger partial charge in [-0.2, -0.15) is 0 Å². The van der Waals surface area contributed by atoms with Gasteiger partial charge in [0, 0.05) is 5.69 Å². The lowest BCUT2D eigenvalue weighted by atomic mass is 9.99. The van der Waals surface area contributed by atoms with Crippen LogP contribution in [0.5, 0.6) is 0 Å². The number of benzene rings is 1. The lowest BCUT2D eigenvalue weighted by Gasteiger charge is -2.07. The second-order valence-electron chi connectivity index (χ2n) is 4.14. The molecule has 0 aromatic heterocycles. The Hall–Kier alpha value is -0.730. The minimum absolute atomic E-state index is 0. The average Bonchev–Trinajstić information content (AvgIpc) is 2.70. The fourth-order valence-electron chi connectivity index (χ4n) is 2.02. The summed E-state index contributed by atoms with van der Waals surface area (Å²) in [6.45, 7) is 2.40. The predicted octanol–water partition coefficient (Wildman–Crippen LogP) is 2.23. The number of nitrogens with two attached hydrogens (primary N) is 1. The van der Waals surface area contributed by atoms with Gasteiger partial charge in [0.15, 0.2) is 0 Å². The van der Waals surface area contributed by atoms with Gasteiger partial charge in [0.1, 0.15) is 0 Å². The first kappa shape index (κ1) is 12.3. The molecule has 84 valence electrons. The Morgan fingerprint density at radius 1 is 1.27 bits per heavy atom. The van der Waals surface area contributed by atoms with Crippen molar-refractivity contribution in [2.45, 2.75) is 19.3 Å². The van der Waals surface area contributed by atoms with Gasteiger partial charge in [-0.25, -0.2) is 0 Å². The van der Waals surface area contributed by atoms with Crippen LogP contribution in [0.2, 0.25) is 0 Å². The van der Waals surface area contributed by atoms with Crippen LogP contribution >= 0.6 is 12.4 Å². The lowest BCUT2D eigenvalue weighted by Crippen LogP contribution is -2.09. The molecule has 3 heteroatoms. The van der Waals surface area contributed by atoms with Gasteiger partial charge in [0.2, 0.25) is 0 Å². The van der Waals surface area contributed by atoms with Crippen molar-refractivity contribution in [1.29, 1.82) is 0 Å². The molecule has 0 radical (unpaired) electrons. The van der Waals surface area contributed by atoms with E-state index in [9.17, 15) is 0 Å². The molecule has 1 aromatic carbocycles. The van der Waals surface area contributed by atoms with Crippen molar-refractivity contribution >= 4 is 18.1 Å². The molecule has 15 heavy (non-hydrogen) atoms. The van der Waals surface area contributed by atoms with Crippen LogP contribution in [0.25, 0.3) is 0 Å². The highest BCUT2D eigenvalue weighted by Gasteiger charge is 2.13. The molecule has 0 saturated carbocycles. The molecule has 2 rings (SSSR count). The van der Waals surface area contributed by atoms with Crippen molar-refractivity contribution < 1.29 is 0 Å². The molecule has 1 fully saturated rings. The summed E-state index contributed by atoms with van der Waals surface area (Å²) in [6, 6.07) is 8.25. The molecule has 1 unspecified atom stereocenters. The van der Waals surface area contributed by atoms with Gasteiger partial charge in [-0.3, -0.25) is 0 Å². The van der Waals surface area contributed by atoms with Crippen LogP contribution in [0.1, 0.15) is 18.4 Å². The van der Waals surface area contributed by atoms with E-state index in [0.29, 0.717) is 0 Å². The van der Waals surface area contributed by atoms with E-state index in [2.05, 4.69) is 17.4 Å². The molecular formula is C12H19ClN2. The zero-order valence-electron chi connectivity index (χ0n) is 8.91. The Morgan fingerprint density at radius 3 is 2.60 bits per heavy atom. The van der Waals surface area contributed by atoms with Gasteiger partial charge in [0.25, 0.3) is 0 Å². The molecule has 1 aliphatic heterocycles. The lowest BCUT2D eigenvalue weighted by molar-refractivity contribution is 0.533. The van der Waals surface area contributed by atoms with E-state index in [-0.39, 0.29) is 12.4 Å². The van der Waals surface area contributed by atoms with Gasteiger partial charge in [-0.1, -0.05) is 12.1 Å². The van der Waals surface area contributed by atoms with Crippen LogP contribution in [0.3, 0.4) is 0 Å². The van der Waals surface area contributed by atoms with Crippen molar-refractivity contribution in [2.24, 2.45) is 5.92 Å². The molecule has 3 N–H and O–H groups in total. The molecule has 2 nitrogen and oxygen atoms in total. The third-order valence-electron chi connectivity index (χ3n) is 2.98. The first-order valence-corrected chi connectivity index (χ1v) is 5.40. The molecule has 1 heterocycles. The quantitative estimate of drug-likeness (QED) is 0.776. The molecule has 0 bridgehead atoms. The van der Waals surface area contributed by atoms with E-state index in [1.165, 1.54) is 37.9 Å². The predicted molar refractivity (Wildman–Crippen MR) is 67.4 cm³/mol. The number of nitrogen functional groups attached to an aromatic ring is 1. The summed E-state index contributed by atoms with van der Waals surface area (Å²) in [7, 11) is 0. The van der Waals surface area contributed by atoms with Crippen molar-refractivity contribution in [1.82, 2.24) is 5.32 Å². The molecule has 0 aliphatic carbocycles. The Morgan fingerprint density at radius 2 is 2.00 bits per heavy atom. The number of hydrogen-bond donors (Lipinski definition) is 2. The first-order valence-electron chi connectivity index (χ1n) is 5.40. The zero-order valence-corrected chi connectivity index (χ0v) is 9.72. The molecular weight excluding hydrogens is 208 g/mol. The van der Waals surface area contributed by atoms with E-state index in [1.807, 2.05) is 12.1 Å². The van der Waals surface area contributed by atoms with E-state index in [4.69, 9.17) is 5.73 Å². The Labute approximate surface area is 97.7 Å². The Bertz CT molecular complexity index is 278. The minimum atomic E-state index is 0. The second-order valence-corrected chi connectivity index (χ2v) is 4.14. The number of aryl methyl sites for hydroxylation is 1. The minimum Gasteiger partial charge on any atom is -0.399 e. The maximum Gasteiger partial charge on any atom is 0.0314 e. The Kier molecular flexibility index (Phi) is 4.92. The summed E-state index contributed by atoms with van der Waals surface area (Å²) < 4.78 is 0. The van der Waals surface area contributed by atoms with Gasteiger partial charge >= 0.3 is 0 Å². The summed E-state index contributed by atoms with van der Waals surface area (Å²) >= 11 is 0. The van der Waals surface area contributed by atoms with Crippen LogP contribution in [-0.4, -0.2) is 13.1 Å².